The molecule has 4 heteroatoms. The predicted molar refractivity (Wildman–Crippen MR) is 76.4 cm³/mol. The highest BCUT2D eigenvalue weighted by Crippen LogP contribution is 2.24. The molecule has 1 aromatic carbocycles. The Kier molecular flexibility index (Phi) is 4.58. The number of aromatic nitrogens is 2. The molecule has 19 heavy (non-hydrogen) atoms. The van der Waals surface area contributed by atoms with Gasteiger partial charge in [-0.15, -0.1) is 0 Å². The molecule has 102 valence electrons. The minimum atomic E-state index is 0.140. The topological polar surface area (TPSA) is 39.1 Å². The summed E-state index contributed by atoms with van der Waals surface area (Å²) in [5.41, 5.74) is 2.35. The van der Waals surface area contributed by atoms with Gasteiger partial charge in [0.15, 0.2) is 0 Å². The third-order valence-corrected chi connectivity index (χ3v) is 3.16. The Balaban J connectivity index is 2.26. The first-order valence-corrected chi connectivity index (χ1v) is 6.62. The van der Waals surface area contributed by atoms with Crippen molar-refractivity contribution in [2.24, 2.45) is 0 Å². The van der Waals surface area contributed by atoms with Crippen molar-refractivity contribution in [3.63, 3.8) is 0 Å². The Bertz CT molecular complexity index is 522. The van der Waals surface area contributed by atoms with E-state index in [1.165, 1.54) is 11.1 Å². The van der Waals surface area contributed by atoms with Crippen LogP contribution in [0.15, 0.2) is 36.7 Å². The van der Waals surface area contributed by atoms with Crippen molar-refractivity contribution in [2.45, 2.75) is 25.9 Å². The second kappa shape index (κ2) is 6.38. The first kappa shape index (κ1) is 13.6. The zero-order valence-corrected chi connectivity index (χ0v) is 11.8. The predicted octanol–water partition coefficient (Wildman–Crippen LogP) is 2.61. The van der Waals surface area contributed by atoms with Crippen LogP contribution >= 0.6 is 0 Å². The summed E-state index contributed by atoms with van der Waals surface area (Å²) in [5.74, 6) is 0.874. The quantitative estimate of drug-likeness (QED) is 0.866. The zero-order chi connectivity index (χ0) is 13.7. The standard InChI is InChI=1S/C15H21N3O/c1-4-8-18-11-13(10-17-18)15(16-2)12-6-5-7-14(9-12)19-3/h5-7,9-11,15-16H,4,8H2,1-3H3. The molecule has 2 rings (SSSR count). The van der Waals surface area contributed by atoms with Crippen LogP contribution in [0.5, 0.6) is 5.75 Å². The molecule has 0 fully saturated rings. The van der Waals surface area contributed by atoms with Gasteiger partial charge in [0.25, 0.3) is 0 Å². The number of hydrogen-bond acceptors (Lipinski definition) is 3. The van der Waals surface area contributed by atoms with Crippen molar-refractivity contribution in [1.29, 1.82) is 0 Å². The van der Waals surface area contributed by atoms with Gasteiger partial charge in [0.2, 0.25) is 0 Å². The number of benzene rings is 1. The molecule has 4 nitrogen and oxygen atoms in total. The molecule has 2 aromatic rings. The monoisotopic (exact) mass is 259 g/mol. The van der Waals surface area contributed by atoms with Crippen LogP contribution in [0.3, 0.4) is 0 Å². The molecule has 0 saturated carbocycles. The minimum Gasteiger partial charge on any atom is -0.497 e. The van der Waals surface area contributed by atoms with Crippen LogP contribution in [-0.2, 0) is 6.54 Å². The molecular weight excluding hydrogens is 238 g/mol. The SMILES string of the molecule is CCCn1cc(C(NC)c2cccc(OC)c2)cn1. The Morgan fingerprint density at radius 2 is 2.21 bits per heavy atom. The van der Waals surface area contributed by atoms with Crippen LogP contribution in [0.1, 0.15) is 30.5 Å². The van der Waals surface area contributed by atoms with Crippen LogP contribution < -0.4 is 10.1 Å². The van der Waals surface area contributed by atoms with E-state index in [1.807, 2.05) is 30.1 Å². The third-order valence-electron chi connectivity index (χ3n) is 3.16. The van der Waals surface area contributed by atoms with Crippen molar-refractivity contribution in [3.05, 3.63) is 47.8 Å². The summed E-state index contributed by atoms with van der Waals surface area (Å²) in [6.07, 6.45) is 5.12. The fourth-order valence-corrected chi connectivity index (χ4v) is 2.23. The van der Waals surface area contributed by atoms with Crippen molar-refractivity contribution in [1.82, 2.24) is 15.1 Å². The molecule has 1 heterocycles. The lowest BCUT2D eigenvalue weighted by molar-refractivity contribution is 0.414. The Hall–Kier alpha value is -1.81. The number of methoxy groups -OCH3 is 1. The van der Waals surface area contributed by atoms with Crippen molar-refractivity contribution in [3.8, 4) is 5.75 Å². The lowest BCUT2D eigenvalue weighted by Crippen LogP contribution is -2.17. The van der Waals surface area contributed by atoms with Crippen molar-refractivity contribution >= 4 is 0 Å². The van der Waals surface area contributed by atoms with Crippen LogP contribution in [0.25, 0.3) is 0 Å². The van der Waals surface area contributed by atoms with E-state index in [9.17, 15) is 0 Å². The van der Waals surface area contributed by atoms with Crippen LogP contribution in [0, 0.1) is 0 Å². The average Bonchev–Trinajstić information content (AvgIpc) is 2.89. The highest BCUT2D eigenvalue weighted by molar-refractivity contribution is 5.35. The Morgan fingerprint density at radius 3 is 2.89 bits per heavy atom. The van der Waals surface area contributed by atoms with Gasteiger partial charge >= 0.3 is 0 Å². The number of nitrogens with one attached hydrogen (secondary N) is 1. The van der Waals surface area contributed by atoms with E-state index in [2.05, 4.69) is 35.7 Å². The molecule has 1 unspecified atom stereocenters. The summed E-state index contributed by atoms with van der Waals surface area (Å²) in [6.45, 7) is 3.10. The van der Waals surface area contributed by atoms with Gasteiger partial charge in [0.1, 0.15) is 5.75 Å². The fraction of sp³-hybridized carbons (Fsp3) is 0.400. The number of hydrogen-bond donors (Lipinski definition) is 1. The van der Waals surface area contributed by atoms with Crippen LogP contribution in [-0.4, -0.2) is 23.9 Å². The highest BCUT2D eigenvalue weighted by atomic mass is 16.5. The lowest BCUT2D eigenvalue weighted by atomic mass is 10.0. The summed E-state index contributed by atoms with van der Waals surface area (Å²) < 4.78 is 7.27. The first-order chi connectivity index (χ1) is 9.28. The fourth-order valence-electron chi connectivity index (χ4n) is 2.23. The van der Waals surface area contributed by atoms with Gasteiger partial charge in [-0.2, -0.15) is 5.10 Å². The molecule has 0 aliphatic carbocycles. The molecular formula is C15H21N3O. The van der Waals surface area contributed by atoms with Gasteiger partial charge in [-0.25, -0.2) is 0 Å². The van der Waals surface area contributed by atoms with Crippen molar-refractivity contribution in [2.75, 3.05) is 14.2 Å². The minimum absolute atomic E-state index is 0.140. The highest BCUT2D eigenvalue weighted by Gasteiger charge is 2.14. The van der Waals surface area contributed by atoms with E-state index >= 15 is 0 Å². The molecule has 0 bridgehead atoms. The largest absolute Gasteiger partial charge is 0.497 e. The molecule has 0 aliphatic heterocycles. The molecule has 0 radical (unpaired) electrons. The maximum Gasteiger partial charge on any atom is 0.119 e. The number of aryl methyl sites for hydroxylation is 1. The second-order valence-corrected chi connectivity index (χ2v) is 4.54. The average molecular weight is 259 g/mol. The lowest BCUT2D eigenvalue weighted by Gasteiger charge is -2.15. The van der Waals surface area contributed by atoms with E-state index in [4.69, 9.17) is 4.74 Å². The smallest absolute Gasteiger partial charge is 0.119 e. The van der Waals surface area contributed by atoms with E-state index < -0.39 is 0 Å². The molecule has 1 atom stereocenters. The molecule has 0 spiro atoms. The zero-order valence-electron chi connectivity index (χ0n) is 11.8. The van der Waals surface area contributed by atoms with E-state index in [1.54, 1.807) is 7.11 Å². The molecule has 0 saturated heterocycles. The van der Waals surface area contributed by atoms with E-state index in [0.29, 0.717) is 0 Å². The summed E-state index contributed by atoms with van der Waals surface area (Å²) in [7, 11) is 3.65. The number of nitrogens with zero attached hydrogens (tertiary/aromatic N) is 2. The maximum atomic E-state index is 5.28. The molecule has 1 aromatic heterocycles. The first-order valence-electron chi connectivity index (χ1n) is 6.62. The van der Waals surface area contributed by atoms with Gasteiger partial charge in [0.05, 0.1) is 19.3 Å². The molecule has 1 N–H and O–H groups in total. The van der Waals surface area contributed by atoms with Gasteiger partial charge in [0, 0.05) is 18.3 Å². The van der Waals surface area contributed by atoms with Gasteiger partial charge in [-0.3, -0.25) is 4.68 Å². The Labute approximate surface area is 114 Å². The van der Waals surface area contributed by atoms with Gasteiger partial charge in [-0.05, 0) is 31.2 Å². The van der Waals surface area contributed by atoms with Gasteiger partial charge < -0.3 is 10.1 Å². The normalized spacial score (nSPS) is 12.4. The van der Waals surface area contributed by atoms with Gasteiger partial charge in [-0.1, -0.05) is 19.1 Å². The second-order valence-electron chi connectivity index (χ2n) is 4.54. The number of ether oxygens (including phenoxy) is 1. The maximum absolute atomic E-state index is 5.28. The van der Waals surface area contributed by atoms with Crippen LogP contribution in [0.4, 0.5) is 0 Å². The summed E-state index contributed by atoms with van der Waals surface area (Å²) in [4.78, 5) is 0. The third kappa shape index (κ3) is 3.15. The van der Waals surface area contributed by atoms with E-state index in [0.717, 1.165) is 18.7 Å². The number of rotatable bonds is 6. The Morgan fingerprint density at radius 1 is 1.37 bits per heavy atom. The molecule has 0 aliphatic rings. The summed E-state index contributed by atoms with van der Waals surface area (Å²) >= 11 is 0. The van der Waals surface area contributed by atoms with E-state index in [-0.39, 0.29) is 6.04 Å². The van der Waals surface area contributed by atoms with Crippen LogP contribution in [0.2, 0.25) is 0 Å². The summed E-state index contributed by atoms with van der Waals surface area (Å²) in [5, 5.41) is 7.72. The van der Waals surface area contributed by atoms with Crippen molar-refractivity contribution < 1.29 is 4.74 Å². The summed E-state index contributed by atoms with van der Waals surface area (Å²) in [6, 6.07) is 8.26. The molecule has 0 amide bonds.